The molecule has 1 heterocycles. The van der Waals surface area contributed by atoms with E-state index in [9.17, 15) is 9.18 Å². The van der Waals surface area contributed by atoms with Crippen LogP contribution in [0.3, 0.4) is 0 Å². The summed E-state index contributed by atoms with van der Waals surface area (Å²) in [5.74, 6) is -0.132. The molecule has 1 aromatic rings. The lowest BCUT2D eigenvalue weighted by atomic mass is 10.1. The highest BCUT2D eigenvalue weighted by Crippen LogP contribution is 2.09. The van der Waals surface area contributed by atoms with Crippen LogP contribution in [0.4, 0.5) is 4.39 Å². The Labute approximate surface area is 120 Å². The minimum atomic E-state index is -0.223. The molecule has 1 N–H and O–H groups in total. The highest BCUT2D eigenvalue weighted by atomic mass is 19.1. The van der Waals surface area contributed by atoms with E-state index in [0.717, 1.165) is 25.1 Å². The molecule has 0 saturated carbocycles. The Morgan fingerprint density at radius 2 is 1.75 bits per heavy atom. The third kappa shape index (κ3) is 5.29. The zero-order chi connectivity index (χ0) is 14.2. The van der Waals surface area contributed by atoms with Crippen LogP contribution >= 0.6 is 0 Å². The van der Waals surface area contributed by atoms with Crippen LogP contribution in [0.2, 0.25) is 0 Å². The normalized spacial score (nSPS) is 16.6. The van der Waals surface area contributed by atoms with E-state index < -0.39 is 0 Å². The molecular weight excluding hydrogens is 255 g/mol. The van der Waals surface area contributed by atoms with Gasteiger partial charge in [0.15, 0.2) is 0 Å². The summed E-state index contributed by atoms with van der Waals surface area (Å²) in [6.07, 6.45) is 5.70. The topological polar surface area (TPSA) is 32.3 Å². The fourth-order valence-corrected chi connectivity index (χ4v) is 2.55. The van der Waals surface area contributed by atoms with Crippen molar-refractivity contribution in [3.8, 4) is 0 Å². The highest BCUT2D eigenvalue weighted by molar-refractivity contribution is 5.78. The first-order chi connectivity index (χ1) is 9.74. The van der Waals surface area contributed by atoms with Gasteiger partial charge in [-0.05, 0) is 50.0 Å². The van der Waals surface area contributed by atoms with E-state index >= 15 is 0 Å². The maximum Gasteiger partial charge on any atom is 0.234 e. The molecule has 110 valence electrons. The molecule has 1 aliphatic heterocycles. The largest absolute Gasteiger partial charge is 0.355 e. The van der Waals surface area contributed by atoms with Gasteiger partial charge in [0.1, 0.15) is 5.82 Å². The van der Waals surface area contributed by atoms with Crippen LogP contribution in [-0.4, -0.2) is 37.0 Å². The molecule has 3 nitrogen and oxygen atoms in total. The average molecular weight is 278 g/mol. The molecule has 1 amide bonds. The monoisotopic (exact) mass is 278 g/mol. The fourth-order valence-electron chi connectivity index (χ4n) is 2.55. The molecule has 2 rings (SSSR count). The number of rotatable bonds is 5. The molecular formula is C16H23FN2O. The van der Waals surface area contributed by atoms with Gasteiger partial charge in [-0.25, -0.2) is 4.39 Å². The highest BCUT2D eigenvalue weighted by Gasteiger charge is 2.12. The van der Waals surface area contributed by atoms with Gasteiger partial charge < -0.3 is 5.32 Å². The van der Waals surface area contributed by atoms with E-state index in [1.54, 1.807) is 12.1 Å². The van der Waals surface area contributed by atoms with E-state index in [1.165, 1.54) is 37.8 Å². The Balaban J connectivity index is 1.65. The predicted molar refractivity (Wildman–Crippen MR) is 78.0 cm³/mol. The standard InChI is InChI=1S/C16H23FN2O/c17-15-7-5-14(6-8-15)9-10-18-16(20)13-19-11-3-1-2-4-12-19/h5-8H,1-4,9-13H2,(H,18,20). The van der Waals surface area contributed by atoms with Crippen molar-refractivity contribution in [3.05, 3.63) is 35.6 Å². The summed E-state index contributed by atoms with van der Waals surface area (Å²) in [6.45, 7) is 3.18. The van der Waals surface area contributed by atoms with Crippen molar-refractivity contribution >= 4 is 5.91 Å². The Kier molecular flexibility index (Phi) is 5.99. The van der Waals surface area contributed by atoms with Gasteiger partial charge in [-0.2, -0.15) is 0 Å². The number of carbonyl (C=O) groups is 1. The van der Waals surface area contributed by atoms with Crippen molar-refractivity contribution in [2.75, 3.05) is 26.2 Å². The van der Waals surface area contributed by atoms with Crippen LogP contribution in [0.1, 0.15) is 31.2 Å². The van der Waals surface area contributed by atoms with Gasteiger partial charge in [0, 0.05) is 6.54 Å². The lowest BCUT2D eigenvalue weighted by Crippen LogP contribution is -2.38. The number of benzene rings is 1. The number of carbonyl (C=O) groups excluding carboxylic acids is 1. The first kappa shape index (κ1) is 15.0. The van der Waals surface area contributed by atoms with Crippen LogP contribution in [0, 0.1) is 5.82 Å². The van der Waals surface area contributed by atoms with Crippen molar-refractivity contribution in [1.29, 1.82) is 0 Å². The minimum absolute atomic E-state index is 0.0917. The van der Waals surface area contributed by atoms with Crippen LogP contribution in [0.5, 0.6) is 0 Å². The molecule has 0 radical (unpaired) electrons. The minimum Gasteiger partial charge on any atom is -0.355 e. The number of likely N-dealkylation sites (tertiary alicyclic amines) is 1. The molecule has 20 heavy (non-hydrogen) atoms. The molecule has 0 unspecified atom stereocenters. The van der Waals surface area contributed by atoms with Crippen molar-refractivity contribution in [1.82, 2.24) is 10.2 Å². The molecule has 1 aliphatic rings. The van der Waals surface area contributed by atoms with Crippen molar-refractivity contribution in [3.63, 3.8) is 0 Å². The smallest absolute Gasteiger partial charge is 0.234 e. The third-order valence-corrected chi connectivity index (χ3v) is 3.71. The van der Waals surface area contributed by atoms with Gasteiger partial charge in [-0.15, -0.1) is 0 Å². The average Bonchev–Trinajstić information content (AvgIpc) is 2.70. The molecule has 1 fully saturated rings. The summed E-state index contributed by atoms with van der Waals surface area (Å²) in [5.41, 5.74) is 1.04. The van der Waals surface area contributed by atoms with E-state index in [-0.39, 0.29) is 11.7 Å². The summed E-state index contributed by atoms with van der Waals surface area (Å²) >= 11 is 0. The lowest BCUT2D eigenvalue weighted by molar-refractivity contribution is -0.122. The van der Waals surface area contributed by atoms with E-state index in [2.05, 4.69) is 10.2 Å². The molecule has 4 heteroatoms. The van der Waals surface area contributed by atoms with Crippen molar-refractivity contribution < 1.29 is 9.18 Å². The fraction of sp³-hybridized carbons (Fsp3) is 0.562. The Hall–Kier alpha value is -1.42. The molecule has 0 atom stereocenters. The van der Waals surface area contributed by atoms with Crippen molar-refractivity contribution in [2.24, 2.45) is 0 Å². The number of nitrogens with zero attached hydrogens (tertiary/aromatic N) is 1. The first-order valence-corrected chi connectivity index (χ1v) is 7.47. The van der Waals surface area contributed by atoms with Crippen LogP contribution < -0.4 is 5.32 Å². The zero-order valence-corrected chi connectivity index (χ0v) is 11.9. The quantitative estimate of drug-likeness (QED) is 0.897. The van der Waals surface area contributed by atoms with Crippen LogP contribution in [-0.2, 0) is 11.2 Å². The number of hydrogen-bond acceptors (Lipinski definition) is 2. The second-order valence-corrected chi connectivity index (χ2v) is 5.42. The maximum absolute atomic E-state index is 12.8. The zero-order valence-electron chi connectivity index (χ0n) is 11.9. The van der Waals surface area contributed by atoms with Gasteiger partial charge in [-0.1, -0.05) is 25.0 Å². The number of halogens is 1. The summed E-state index contributed by atoms with van der Waals surface area (Å²) in [6, 6.07) is 6.43. The number of amides is 1. The number of hydrogen-bond donors (Lipinski definition) is 1. The maximum atomic E-state index is 12.8. The summed E-state index contributed by atoms with van der Waals surface area (Å²) < 4.78 is 12.8. The first-order valence-electron chi connectivity index (χ1n) is 7.47. The number of nitrogens with one attached hydrogen (secondary N) is 1. The molecule has 0 spiro atoms. The van der Waals surface area contributed by atoms with Crippen LogP contribution in [0.15, 0.2) is 24.3 Å². The lowest BCUT2D eigenvalue weighted by Gasteiger charge is -2.18. The Bertz CT molecular complexity index is 411. The molecule has 0 aromatic heterocycles. The molecule has 0 aliphatic carbocycles. The summed E-state index contributed by atoms with van der Waals surface area (Å²) in [5, 5.41) is 2.94. The van der Waals surface area contributed by atoms with E-state index in [0.29, 0.717) is 13.1 Å². The third-order valence-electron chi connectivity index (χ3n) is 3.71. The van der Waals surface area contributed by atoms with Gasteiger partial charge in [0.2, 0.25) is 5.91 Å². The van der Waals surface area contributed by atoms with E-state index in [1.807, 2.05) is 0 Å². The van der Waals surface area contributed by atoms with Gasteiger partial charge >= 0.3 is 0 Å². The Morgan fingerprint density at radius 1 is 1.10 bits per heavy atom. The predicted octanol–water partition coefficient (Wildman–Crippen LogP) is 2.36. The molecule has 0 bridgehead atoms. The summed E-state index contributed by atoms with van der Waals surface area (Å²) in [7, 11) is 0. The molecule has 1 saturated heterocycles. The Morgan fingerprint density at radius 3 is 2.40 bits per heavy atom. The van der Waals surface area contributed by atoms with Crippen molar-refractivity contribution in [2.45, 2.75) is 32.1 Å². The molecule has 1 aromatic carbocycles. The summed E-state index contributed by atoms with van der Waals surface area (Å²) in [4.78, 5) is 14.1. The van der Waals surface area contributed by atoms with Gasteiger partial charge in [-0.3, -0.25) is 9.69 Å². The van der Waals surface area contributed by atoms with Crippen LogP contribution in [0.25, 0.3) is 0 Å². The second kappa shape index (κ2) is 8.00. The van der Waals surface area contributed by atoms with Gasteiger partial charge in [0.05, 0.1) is 6.54 Å². The van der Waals surface area contributed by atoms with E-state index in [4.69, 9.17) is 0 Å². The van der Waals surface area contributed by atoms with Gasteiger partial charge in [0.25, 0.3) is 0 Å². The SMILES string of the molecule is O=C(CN1CCCCCC1)NCCc1ccc(F)cc1. The second-order valence-electron chi connectivity index (χ2n) is 5.42.